The molecule has 0 aliphatic carbocycles. The SMILES string of the molecule is COC(=O)C1=CN(Cc2ccc(Cl)cc2)C=C(C(=O)OC)C1c1ccc(O)c(OC)c1. The van der Waals surface area contributed by atoms with Crippen LogP contribution in [0.5, 0.6) is 11.5 Å². The summed E-state index contributed by atoms with van der Waals surface area (Å²) < 4.78 is 15.2. The Morgan fingerprint density at radius 2 is 1.55 bits per heavy atom. The maximum atomic E-state index is 12.7. The topological polar surface area (TPSA) is 85.3 Å². The molecule has 31 heavy (non-hydrogen) atoms. The van der Waals surface area contributed by atoms with Crippen LogP contribution in [0.3, 0.4) is 0 Å². The molecule has 0 spiro atoms. The van der Waals surface area contributed by atoms with E-state index in [1.165, 1.54) is 27.4 Å². The Balaban J connectivity index is 2.09. The molecule has 162 valence electrons. The van der Waals surface area contributed by atoms with Crippen molar-refractivity contribution in [2.24, 2.45) is 0 Å². The van der Waals surface area contributed by atoms with Crippen molar-refractivity contribution in [2.45, 2.75) is 12.5 Å². The zero-order valence-corrected chi connectivity index (χ0v) is 18.1. The summed E-state index contributed by atoms with van der Waals surface area (Å²) in [5, 5.41) is 10.6. The number of hydrogen-bond acceptors (Lipinski definition) is 7. The second-order valence-corrected chi connectivity index (χ2v) is 7.25. The number of benzene rings is 2. The Labute approximate surface area is 185 Å². The van der Waals surface area contributed by atoms with Gasteiger partial charge < -0.3 is 24.2 Å². The Bertz CT molecular complexity index is 1010. The van der Waals surface area contributed by atoms with Gasteiger partial charge in [0, 0.05) is 24.0 Å². The molecule has 1 heterocycles. The van der Waals surface area contributed by atoms with Crippen LogP contribution < -0.4 is 4.74 Å². The van der Waals surface area contributed by atoms with Crippen LogP contribution in [-0.2, 0) is 25.6 Å². The maximum Gasteiger partial charge on any atom is 0.336 e. The summed E-state index contributed by atoms with van der Waals surface area (Å²) in [4.78, 5) is 27.1. The summed E-state index contributed by atoms with van der Waals surface area (Å²) in [5.74, 6) is -1.79. The van der Waals surface area contributed by atoms with Gasteiger partial charge in [-0.1, -0.05) is 29.8 Å². The van der Waals surface area contributed by atoms with Crippen LogP contribution >= 0.6 is 11.6 Å². The molecular formula is C23H22ClNO6. The Hall–Kier alpha value is -3.45. The molecule has 2 aromatic rings. The summed E-state index contributed by atoms with van der Waals surface area (Å²) in [6.45, 7) is 0.393. The number of rotatable bonds is 6. The first-order valence-corrected chi connectivity index (χ1v) is 9.72. The molecule has 0 fully saturated rings. The highest BCUT2D eigenvalue weighted by atomic mass is 35.5. The van der Waals surface area contributed by atoms with Gasteiger partial charge in [-0.25, -0.2) is 9.59 Å². The summed E-state index contributed by atoms with van der Waals surface area (Å²) >= 11 is 5.96. The fourth-order valence-electron chi connectivity index (χ4n) is 3.41. The summed E-state index contributed by atoms with van der Waals surface area (Å²) in [5.41, 5.74) is 1.98. The molecule has 0 atom stereocenters. The normalized spacial score (nSPS) is 13.9. The van der Waals surface area contributed by atoms with Crippen molar-refractivity contribution < 1.29 is 28.9 Å². The number of esters is 2. The van der Waals surface area contributed by atoms with Crippen LogP contribution in [0.4, 0.5) is 0 Å². The lowest BCUT2D eigenvalue weighted by Crippen LogP contribution is -2.28. The highest BCUT2D eigenvalue weighted by Crippen LogP contribution is 2.40. The number of ether oxygens (including phenoxy) is 3. The zero-order valence-electron chi connectivity index (χ0n) is 17.3. The molecule has 1 N–H and O–H groups in total. The third kappa shape index (κ3) is 4.83. The molecule has 2 aromatic carbocycles. The maximum absolute atomic E-state index is 12.7. The molecule has 0 saturated carbocycles. The van der Waals surface area contributed by atoms with E-state index in [4.69, 9.17) is 25.8 Å². The van der Waals surface area contributed by atoms with Gasteiger partial charge in [-0.3, -0.25) is 0 Å². The summed E-state index contributed by atoms with van der Waals surface area (Å²) in [7, 11) is 3.97. The van der Waals surface area contributed by atoms with Crippen molar-refractivity contribution in [1.29, 1.82) is 0 Å². The first kappa shape index (κ1) is 22.2. The van der Waals surface area contributed by atoms with Crippen LogP contribution in [0.15, 0.2) is 66.0 Å². The predicted molar refractivity (Wildman–Crippen MR) is 115 cm³/mol. The molecule has 0 bridgehead atoms. The van der Waals surface area contributed by atoms with E-state index in [0.717, 1.165) is 5.56 Å². The fraction of sp³-hybridized carbons (Fsp3) is 0.217. The average molecular weight is 444 g/mol. The molecular weight excluding hydrogens is 422 g/mol. The van der Waals surface area contributed by atoms with Crippen molar-refractivity contribution in [2.75, 3.05) is 21.3 Å². The second kappa shape index (κ2) is 9.57. The first-order chi connectivity index (χ1) is 14.9. The molecule has 0 amide bonds. The lowest BCUT2D eigenvalue weighted by Gasteiger charge is -2.30. The van der Waals surface area contributed by atoms with Gasteiger partial charge in [0.25, 0.3) is 0 Å². The highest BCUT2D eigenvalue weighted by Gasteiger charge is 2.35. The Kier molecular flexibility index (Phi) is 6.87. The van der Waals surface area contributed by atoms with E-state index in [2.05, 4.69) is 0 Å². The van der Waals surface area contributed by atoms with Crippen molar-refractivity contribution in [3.05, 3.63) is 82.2 Å². The van der Waals surface area contributed by atoms with Crippen molar-refractivity contribution >= 4 is 23.5 Å². The van der Waals surface area contributed by atoms with E-state index < -0.39 is 17.9 Å². The molecule has 0 aromatic heterocycles. The standard InChI is InChI=1S/C23H22ClNO6/c1-29-20-10-15(6-9-19(20)26)21-17(22(27)30-2)12-25(13-18(21)23(28)31-3)11-14-4-7-16(24)8-5-14/h4-10,12-13,21,26H,11H2,1-3H3. The van der Waals surface area contributed by atoms with Crippen molar-refractivity contribution in [3.8, 4) is 11.5 Å². The van der Waals surface area contributed by atoms with Crippen molar-refractivity contribution in [1.82, 2.24) is 4.90 Å². The molecule has 7 nitrogen and oxygen atoms in total. The minimum Gasteiger partial charge on any atom is -0.504 e. The molecule has 0 saturated heterocycles. The van der Waals surface area contributed by atoms with E-state index in [1.54, 1.807) is 41.6 Å². The van der Waals surface area contributed by atoms with Crippen LogP contribution in [0.1, 0.15) is 17.0 Å². The van der Waals surface area contributed by atoms with E-state index in [-0.39, 0.29) is 22.6 Å². The number of methoxy groups -OCH3 is 3. The van der Waals surface area contributed by atoms with Gasteiger partial charge in [0.05, 0.1) is 38.4 Å². The molecule has 1 aliphatic heterocycles. The van der Waals surface area contributed by atoms with Crippen LogP contribution in [0.2, 0.25) is 5.02 Å². The van der Waals surface area contributed by atoms with Crippen LogP contribution in [0, 0.1) is 0 Å². The number of hydrogen-bond donors (Lipinski definition) is 1. The smallest absolute Gasteiger partial charge is 0.336 e. The minimum absolute atomic E-state index is 0.0568. The third-order valence-electron chi connectivity index (χ3n) is 4.89. The van der Waals surface area contributed by atoms with Gasteiger partial charge in [-0.15, -0.1) is 0 Å². The Morgan fingerprint density at radius 3 is 2.06 bits per heavy atom. The lowest BCUT2D eigenvalue weighted by molar-refractivity contribution is -0.137. The van der Waals surface area contributed by atoms with Gasteiger partial charge in [-0.2, -0.15) is 0 Å². The quantitative estimate of drug-likeness (QED) is 0.680. The Morgan fingerprint density at radius 1 is 0.968 bits per heavy atom. The van der Waals surface area contributed by atoms with Gasteiger partial charge in [0.15, 0.2) is 11.5 Å². The largest absolute Gasteiger partial charge is 0.504 e. The molecule has 3 rings (SSSR count). The second-order valence-electron chi connectivity index (χ2n) is 6.82. The zero-order chi connectivity index (χ0) is 22.5. The third-order valence-corrected chi connectivity index (χ3v) is 5.14. The molecule has 0 radical (unpaired) electrons. The van der Waals surface area contributed by atoms with E-state index >= 15 is 0 Å². The number of halogens is 1. The van der Waals surface area contributed by atoms with Gasteiger partial charge in [-0.05, 0) is 35.4 Å². The van der Waals surface area contributed by atoms with Crippen molar-refractivity contribution in [3.63, 3.8) is 0 Å². The summed E-state index contributed by atoms with van der Waals surface area (Å²) in [6.07, 6.45) is 3.27. The number of carbonyl (C=O) groups is 2. The number of phenols is 1. The number of phenolic OH excluding ortho intramolecular Hbond substituents is 1. The minimum atomic E-state index is -0.768. The van der Waals surface area contributed by atoms with E-state index in [0.29, 0.717) is 17.1 Å². The van der Waals surface area contributed by atoms with E-state index in [9.17, 15) is 14.7 Å². The molecule has 1 aliphatic rings. The number of aromatic hydroxyl groups is 1. The monoisotopic (exact) mass is 443 g/mol. The highest BCUT2D eigenvalue weighted by molar-refractivity contribution is 6.30. The van der Waals surface area contributed by atoms with Crippen LogP contribution in [-0.4, -0.2) is 43.3 Å². The number of carbonyl (C=O) groups excluding carboxylic acids is 2. The average Bonchev–Trinajstić information content (AvgIpc) is 2.79. The predicted octanol–water partition coefficient (Wildman–Crippen LogP) is 3.77. The fourth-order valence-corrected chi connectivity index (χ4v) is 3.54. The van der Waals surface area contributed by atoms with E-state index in [1.807, 2.05) is 12.1 Å². The first-order valence-electron chi connectivity index (χ1n) is 9.35. The number of nitrogens with zero attached hydrogens (tertiary/aromatic N) is 1. The molecule has 8 heteroatoms. The van der Waals surface area contributed by atoms with Gasteiger partial charge >= 0.3 is 11.9 Å². The van der Waals surface area contributed by atoms with Crippen LogP contribution in [0.25, 0.3) is 0 Å². The summed E-state index contributed by atoms with van der Waals surface area (Å²) in [6, 6.07) is 11.9. The lowest BCUT2D eigenvalue weighted by atomic mass is 9.83. The van der Waals surface area contributed by atoms with Gasteiger partial charge in [0.1, 0.15) is 0 Å². The molecule has 0 unspecified atom stereocenters. The van der Waals surface area contributed by atoms with Gasteiger partial charge in [0.2, 0.25) is 0 Å².